The van der Waals surface area contributed by atoms with Gasteiger partial charge >= 0.3 is 0 Å². The molecule has 0 spiro atoms. The van der Waals surface area contributed by atoms with E-state index in [4.69, 9.17) is 9.73 Å². The smallest absolute Gasteiger partial charge is 0.247 e. The summed E-state index contributed by atoms with van der Waals surface area (Å²) in [5.41, 5.74) is 4.63. The molecule has 0 saturated heterocycles. The molecule has 3 saturated carbocycles. The maximum atomic E-state index is 12.4. The molecule has 6 rings (SSSR count). The van der Waals surface area contributed by atoms with E-state index in [0.29, 0.717) is 17.1 Å². The van der Waals surface area contributed by atoms with Crippen LogP contribution in [0, 0.1) is 16.7 Å². The summed E-state index contributed by atoms with van der Waals surface area (Å²) in [5.74, 6) is 0.506. The standard InChI is InChI=1S/C34H40N8O2/c1-8-25(24-18-42(28-13-11-10-12-23(24)28)34-19-33(20-34,21-34)22-35)38-32(36-3)39-27-16-26(37-31(43)9-2)29(17-30(27)44-7)41(6)15-14-40(4)5/h8-13,16-18H,2-3,14-15,19-21H2,1,4-7H3,(H,37,43)(H,38,39)/b25-8-. The Bertz CT molecular complexity index is 1700. The van der Waals surface area contributed by atoms with Crippen LogP contribution in [-0.4, -0.2) is 69.4 Å². The topological polar surface area (TPSA) is 110 Å². The van der Waals surface area contributed by atoms with Crippen LogP contribution in [0.4, 0.5) is 17.1 Å². The summed E-state index contributed by atoms with van der Waals surface area (Å²) in [6, 6.07) is 14.5. The number of amides is 1. The van der Waals surface area contributed by atoms with Gasteiger partial charge in [0.25, 0.3) is 0 Å². The third-order valence-electron chi connectivity index (χ3n) is 8.69. The molecule has 0 unspecified atom stereocenters. The molecule has 2 aromatic carbocycles. The van der Waals surface area contributed by atoms with Gasteiger partial charge in [0.1, 0.15) is 5.75 Å². The first-order chi connectivity index (χ1) is 21.1. The highest BCUT2D eigenvalue weighted by Gasteiger charge is 2.69. The molecular weight excluding hydrogens is 552 g/mol. The van der Waals surface area contributed by atoms with E-state index < -0.39 is 0 Å². The number of rotatable bonds is 11. The Labute approximate surface area is 259 Å². The molecule has 1 amide bonds. The number of hydrogen-bond acceptors (Lipinski definition) is 6. The molecule has 3 fully saturated rings. The van der Waals surface area contributed by atoms with Gasteiger partial charge in [-0.2, -0.15) is 5.26 Å². The second kappa shape index (κ2) is 12.0. The minimum Gasteiger partial charge on any atom is -0.494 e. The summed E-state index contributed by atoms with van der Waals surface area (Å²) in [6.45, 7) is 10.9. The van der Waals surface area contributed by atoms with Gasteiger partial charge in [-0.25, -0.2) is 9.98 Å². The number of nitrogens with zero attached hydrogens (tertiary/aromatic N) is 6. The molecule has 3 aromatic rings. The van der Waals surface area contributed by atoms with Crippen LogP contribution < -0.4 is 20.3 Å². The van der Waals surface area contributed by atoms with Gasteiger partial charge in [0.15, 0.2) is 0 Å². The third-order valence-corrected chi connectivity index (χ3v) is 8.69. The number of aliphatic imine (C=N–C) groups is 2. The van der Waals surface area contributed by atoms with E-state index in [1.165, 1.54) is 6.08 Å². The molecule has 10 heteroatoms. The molecule has 0 aliphatic heterocycles. The molecule has 3 aliphatic carbocycles. The third kappa shape index (κ3) is 5.47. The number of allylic oxidation sites excluding steroid dienone is 1. The fraction of sp³-hybridized carbons (Fsp3) is 0.353. The molecular formula is C34H40N8O2. The van der Waals surface area contributed by atoms with Crippen LogP contribution in [0.3, 0.4) is 0 Å². The number of carbonyl (C=O) groups is 1. The fourth-order valence-corrected chi connectivity index (χ4v) is 6.41. The Balaban J connectivity index is 1.49. The van der Waals surface area contributed by atoms with Crippen molar-refractivity contribution in [3.63, 3.8) is 0 Å². The van der Waals surface area contributed by atoms with Gasteiger partial charge < -0.3 is 29.7 Å². The van der Waals surface area contributed by atoms with E-state index in [1.807, 2.05) is 52.3 Å². The number of hydrogen-bond donors (Lipinski definition) is 2. The zero-order valence-corrected chi connectivity index (χ0v) is 26.1. The number of likely N-dealkylation sites (N-methyl/N-ethyl adjacent to an activating group) is 2. The normalized spacial score (nSPS) is 20.8. The van der Waals surface area contributed by atoms with Crippen LogP contribution in [0.1, 0.15) is 31.7 Å². The van der Waals surface area contributed by atoms with Crippen molar-refractivity contribution in [2.75, 3.05) is 56.9 Å². The SMILES string of the molecule is C=CC(=O)Nc1cc(NC(N=C)=N/C(=C\C)c2cn(C34CC(C#N)(C3)C4)c3ccccc23)c(OC)cc1N(C)CCN(C)C. The number of nitriles is 1. The number of anilines is 3. The maximum Gasteiger partial charge on any atom is 0.247 e. The van der Waals surface area contributed by atoms with Gasteiger partial charge in [0.05, 0.1) is 41.4 Å². The second-order valence-corrected chi connectivity index (χ2v) is 12.0. The van der Waals surface area contributed by atoms with Gasteiger partial charge in [0, 0.05) is 54.4 Å². The van der Waals surface area contributed by atoms with Crippen molar-refractivity contribution in [3.05, 3.63) is 66.9 Å². The number of aromatic nitrogens is 1. The van der Waals surface area contributed by atoms with Gasteiger partial charge in [-0.15, -0.1) is 0 Å². The molecule has 1 aromatic heterocycles. The van der Waals surface area contributed by atoms with Gasteiger partial charge in [-0.1, -0.05) is 30.9 Å². The van der Waals surface area contributed by atoms with Crippen molar-refractivity contribution in [1.82, 2.24) is 9.47 Å². The lowest BCUT2D eigenvalue weighted by Gasteiger charge is -2.67. The summed E-state index contributed by atoms with van der Waals surface area (Å²) in [6.07, 6.45) is 8.00. The molecule has 3 aliphatic rings. The average Bonchev–Trinajstić information content (AvgIpc) is 3.36. The lowest BCUT2D eigenvalue weighted by atomic mass is 9.40. The first-order valence-electron chi connectivity index (χ1n) is 14.6. The van der Waals surface area contributed by atoms with E-state index >= 15 is 0 Å². The van der Waals surface area contributed by atoms with Crippen molar-refractivity contribution in [2.24, 2.45) is 15.4 Å². The lowest BCUT2D eigenvalue weighted by Crippen LogP contribution is -2.66. The zero-order valence-electron chi connectivity index (χ0n) is 26.1. The fourth-order valence-electron chi connectivity index (χ4n) is 6.41. The summed E-state index contributed by atoms with van der Waals surface area (Å²) in [4.78, 5) is 25.6. The number of methoxy groups -OCH3 is 1. The van der Waals surface area contributed by atoms with Crippen LogP contribution in [0.5, 0.6) is 5.75 Å². The minimum atomic E-state index is -0.323. The summed E-state index contributed by atoms with van der Waals surface area (Å²) in [5, 5.41) is 16.9. The Kier molecular flexibility index (Phi) is 8.35. The highest BCUT2D eigenvalue weighted by molar-refractivity contribution is 6.05. The molecule has 228 valence electrons. The van der Waals surface area contributed by atoms with Crippen molar-refractivity contribution in [2.45, 2.75) is 31.7 Å². The number of ether oxygens (including phenoxy) is 1. The van der Waals surface area contributed by atoms with Crippen molar-refractivity contribution < 1.29 is 9.53 Å². The quantitative estimate of drug-likeness (QED) is 0.168. The van der Waals surface area contributed by atoms with Gasteiger partial charge in [-0.3, -0.25) is 4.79 Å². The molecule has 2 N–H and O–H groups in total. The predicted molar refractivity (Wildman–Crippen MR) is 180 cm³/mol. The van der Waals surface area contributed by atoms with Crippen molar-refractivity contribution >= 4 is 52.2 Å². The molecule has 0 radical (unpaired) electrons. The highest BCUT2D eigenvalue weighted by atomic mass is 16.5. The molecule has 44 heavy (non-hydrogen) atoms. The van der Waals surface area contributed by atoms with Crippen LogP contribution in [0.2, 0.25) is 0 Å². The van der Waals surface area contributed by atoms with Gasteiger partial charge in [0.2, 0.25) is 11.9 Å². The molecule has 0 atom stereocenters. The maximum absolute atomic E-state index is 12.4. The second-order valence-electron chi connectivity index (χ2n) is 12.0. The Morgan fingerprint density at radius 1 is 1.16 bits per heavy atom. The molecule has 2 bridgehead atoms. The first kappa shape index (κ1) is 30.6. The first-order valence-corrected chi connectivity index (χ1v) is 14.6. The van der Waals surface area contributed by atoms with Crippen LogP contribution in [0.25, 0.3) is 16.6 Å². The number of para-hydroxylation sites is 1. The van der Waals surface area contributed by atoms with Crippen molar-refractivity contribution in [1.29, 1.82) is 5.26 Å². The Morgan fingerprint density at radius 2 is 1.89 bits per heavy atom. The average molecular weight is 593 g/mol. The number of carbonyl (C=O) groups excluding carboxylic acids is 1. The minimum absolute atomic E-state index is 0.00495. The number of nitrogens with one attached hydrogen (secondary N) is 2. The van der Waals surface area contributed by atoms with E-state index in [1.54, 1.807) is 13.2 Å². The Hall–Kier alpha value is -4.88. The summed E-state index contributed by atoms with van der Waals surface area (Å²) in [7, 11) is 7.59. The lowest BCUT2D eigenvalue weighted by molar-refractivity contribution is -0.143. The Morgan fingerprint density at radius 3 is 2.50 bits per heavy atom. The van der Waals surface area contributed by atoms with E-state index in [9.17, 15) is 10.1 Å². The van der Waals surface area contributed by atoms with Gasteiger partial charge in [-0.05, 0) is 65.2 Å². The van der Waals surface area contributed by atoms with Crippen molar-refractivity contribution in [3.8, 4) is 11.8 Å². The van der Waals surface area contributed by atoms with Crippen LogP contribution >= 0.6 is 0 Å². The van der Waals surface area contributed by atoms with E-state index in [2.05, 4.69) is 67.7 Å². The summed E-state index contributed by atoms with van der Waals surface area (Å²) >= 11 is 0. The summed E-state index contributed by atoms with van der Waals surface area (Å²) < 4.78 is 8.10. The number of benzene rings is 2. The number of fused-ring (bicyclic) bond motifs is 1. The molecule has 10 nitrogen and oxygen atoms in total. The molecule has 1 heterocycles. The van der Waals surface area contributed by atoms with E-state index in [-0.39, 0.29) is 22.8 Å². The zero-order chi connectivity index (χ0) is 31.6. The largest absolute Gasteiger partial charge is 0.494 e. The van der Waals surface area contributed by atoms with Crippen LogP contribution in [-0.2, 0) is 10.3 Å². The highest BCUT2D eigenvalue weighted by Crippen LogP contribution is 2.71. The monoisotopic (exact) mass is 592 g/mol. The van der Waals surface area contributed by atoms with E-state index in [0.717, 1.165) is 60.2 Å². The number of guanidine groups is 1. The van der Waals surface area contributed by atoms with Crippen LogP contribution in [0.15, 0.2) is 71.3 Å². The predicted octanol–water partition coefficient (Wildman–Crippen LogP) is 5.70.